The van der Waals surface area contributed by atoms with Gasteiger partial charge in [-0.3, -0.25) is 14.8 Å². The van der Waals surface area contributed by atoms with Crippen LogP contribution in [0.15, 0.2) is 46.7 Å². The quantitative estimate of drug-likeness (QED) is 0.524. The van der Waals surface area contributed by atoms with Crippen molar-refractivity contribution in [1.29, 1.82) is 0 Å². The first kappa shape index (κ1) is 22.3. The number of nitrogens with zero attached hydrogens (tertiary/aromatic N) is 3. The summed E-state index contributed by atoms with van der Waals surface area (Å²) in [6.45, 7) is 4.06. The number of nitrogens with two attached hydrogens (primary N) is 1. The van der Waals surface area contributed by atoms with E-state index in [4.69, 9.17) is 9.88 Å². The van der Waals surface area contributed by atoms with E-state index in [-0.39, 0.29) is 23.4 Å². The van der Waals surface area contributed by atoms with Crippen LogP contribution in [0.4, 0.5) is 19.6 Å². The Morgan fingerprint density at radius 1 is 1.21 bits per heavy atom. The molecule has 6 nitrogen and oxygen atoms in total. The normalized spacial score (nSPS) is 16.4. The SMILES string of the molecule is Cc1nc(N(C(=O)C2CN(c3ccc(-c4cc(F)ccc4F)cc3)C2)C2COC2)sc1SN. The maximum absolute atomic E-state index is 14.1. The monoisotopic (exact) mass is 488 g/mol. The second kappa shape index (κ2) is 9.02. The van der Waals surface area contributed by atoms with Gasteiger partial charge in [-0.1, -0.05) is 23.5 Å². The van der Waals surface area contributed by atoms with Crippen LogP contribution >= 0.6 is 23.3 Å². The van der Waals surface area contributed by atoms with E-state index in [0.29, 0.717) is 37.0 Å². The van der Waals surface area contributed by atoms with Crippen LogP contribution in [-0.2, 0) is 9.53 Å². The number of rotatable bonds is 6. The summed E-state index contributed by atoms with van der Waals surface area (Å²) in [6, 6.07) is 10.7. The van der Waals surface area contributed by atoms with Gasteiger partial charge in [0.15, 0.2) is 5.13 Å². The van der Waals surface area contributed by atoms with Crippen LogP contribution in [0.3, 0.4) is 0 Å². The van der Waals surface area contributed by atoms with Crippen LogP contribution in [0.5, 0.6) is 0 Å². The average molecular weight is 489 g/mol. The number of ether oxygens (including phenoxy) is 1. The Hall–Kier alpha value is -2.53. The number of amides is 1. The van der Waals surface area contributed by atoms with Crippen LogP contribution in [0.25, 0.3) is 11.1 Å². The van der Waals surface area contributed by atoms with E-state index >= 15 is 0 Å². The molecular weight excluding hydrogens is 466 g/mol. The molecule has 2 N–H and O–H groups in total. The second-order valence-electron chi connectivity index (χ2n) is 8.16. The predicted octanol–water partition coefficient (Wildman–Crippen LogP) is 4.23. The van der Waals surface area contributed by atoms with Crippen LogP contribution in [0, 0.1) is 24.5 Å². The molecule has 1 amide bonds. The van der Waals surface area contributed by atoms with Gasteiger partial charge in [0, 0.05) is 24.3 Å². The number of halogens is 2. The molecule has 3 aromatic rings. The first-order valence-corrected chi connectivity index (χ1v) is 12.2. The zero-order valence-corrected chi connectivity index (χ0v) is 19.5. The maximum atomic E-state index is 14.1. The van der Waals surface area contributed by atoms with Gasteiger partial charge in [-0.2, -0.15) is 0 Å². The molecule has 2 saturated heterocycles. The second-order valence-corrected chi connectivity index (χ2v) is 10.0. The molecule has 172 valence electrons. The van der Waals surface area contributed by atoms with Crippen molar-refractivity contribution in [3.63, 3.8) is 0 Å². The third-order valence-corrected chi connectivity index (χ3v) is 7.98. The average Bonchev–Trinajstić information content (AvgIpc) is 3.11. The third kappa shape index (κ3) is 4.23. The van der Waals surface area contributed by atoms with Crippen LogP contribution in [0.1, 0.15) is 5.69 Å². The third-order valence-electron chi connectivity index (χ3n) is 5.98. The Labute approximate surface area is 198 Å². The zero-order valence-electron chi connectivity index (χ0n) is 17.8. The maximum Gasteiger partial charge on any atom is 0.235 e. The molecule has 0 unspecified atom stereocenters. The molecule has 0 saturated carbocycles. The van der Waals surface area contributed by atoms with Crippen molar-refractivity contribution >= 4 is 40.0 Å². The molecule has 0 spiro atoms. The van der Waals surface area contributed by atoms with Gasteiger partial charge in [-0.25, -0.2) is 13.8 Å². The van der Waals surface area contributed by atoms with Gasteiger partial charge in [-0.05, 0) is 54.8 Å². The molecule has 0 atom stereocenters. The molecule has 0 aliphatic carbocycles. The van der Waals surface area contributed by atoms with Crippen LogP contribution in [-0.4, -0.2) is 43.2 Å². The molecule has 3 heterocycles. The van der Waals surface area contributed by atoms with E-state index in [0.717, 1.165) is 39.7 Å². The van der Waals surface area contributed by atoms with E-state index in [1.165, 1.54) is 17.4 Å². The number of aryl methyl sites for hydroxylation is 1. The Balaban J connectivity index is 1.28. The van der Waals surface area contributed by atoms with Gasteiger partial charge >= 0.3 is 0 Å². The molecule has 2 aromatic carbocycles. The summed E-state index contributed by atoms with van der Waals surface area (Å²) < 4.78 is 33.8. The van der Waals surface area contributed by atoms with E-state index in [9.17, 15) is 13.6 Å². The lowest BCUT2D eigenvalue weighted by Gasteiger charge is -2.44. The number of benzene rings is 2. The van der Waals surface area contributed by atoms with Crippen molar-refractivity contribution in [3.05, 3.63) is 59.8 Å². The number of thiazole rings is 1. The van der Waals surface area contributed by atoms with Gasteiger partial charge in [-0.15, -0.1) is 0 Å². The summed E-state index contributed by atoms with van der Waals surface area (Å²) in [4.78, 5) is 21.8. The lowest BCUT2D eigenvalue weighted by molar-refractivity contribution is -0.125. The lowest BCUT2D eigenvalue weighted by atomic mass is 9.96. The smallest absolute Gasteiger partial charge is 0.235 e. The van der Waals surface area contributed by atoms with Crippen molar-refractivity contribution in [3.8, 4) is 11.1 Å². The van der Waals surface area contributed by atoms with E-state index in [1.54, 1.807) is 17.0 Å². The minimum absolute atomic E-state index is 0.00632. The van der Waals surface area contributed by atoms with Gasteiger partial charge in [0.25, 0.3) is 0 Å². The standard InChI is InChI=1S/C23H22F2N4O2S2/c1-13-22(33-26)32-23(27-13)29(18-11-31-12-18)21(30)15-9-28(10-15)17-5-2-14(3-6-17)19-8-16(24)4-7-20(19)25/h2-8,15,18H,9-12,26H2,1H3. The highest BCUT2D eigenvalue weighted by Gasteiger charge is 2.41. The van der Waals surface area contributed by atoms with Crippen molar-refractivity contribution in [1.82, 2.24) is 4.98 Å². The van der Waals surface area contributed by atoms with Crippen molar-refractivity contribution in [2.45, 2.75) is 17.2 Å². The molecule has 0 radical (unpaired) electrons. The summed E-state index contributed by atoms with van der Waals surface area (Å²) in [5.74, 6) is -1.05. The number of aromatic nitrogens is 1. The van der Waals surface area contributed by atoms with E-state index in [1.807, 2.05) is 19.1 Å². The molecule has 0 bridgehead atoms. The van der Waals surface area contributed by atoms with Crippen molar-refractivity contribution in [2.75, 3.05) is 36.1 Å². The fraction of sp³-hybridized carbons (Fsp3) is 0.304. The molecule has 10 heteroatoms. The molecule has 5 rings (SSSR count). The molecule has 2 aliphatic rings. The van der Waals surface area contributed by atoms with Crippen LogP contribution < -0.4 is 14.9 Å². The molecule has 33 heavy (non-hydrogen) atoms. The Morgan fingerprint density at radius 2 is 1.94 bits per heavy atom. The lowest BCUT2D eigenvalue weighted by Crippen LogP contribution is -2.60. The minimum Gasteiger partial charge on any atom is -0.377 e. The van der Waals surface area contributed by atoms with E-state index < -0.39 is 11.6 Å². The van der Waals surface area contributed by atoms with Gasteiger partial charge < -0.3 is 9.64 Å². The molecule has 1 aromatic heterocycles. The first-order valence-electron chi connectivity index (χ1n) is 10.5. The summed E-state index contributed by atoms with van der Waals surface area (Å²) in [5.41, 5.74) is 2.59. The van der Waals surface area contributed by atoms with Crippen molar-refractivity contribution < 1.29 is 18.3 Å². The Morgan fingerprint density at radius 3 is 2.55 bits per heavy atom. The Kier molecular flexibility index (Phi) is 6.09. The molecule has 2 fully saturated rings. The van der Waals surface area contributed by atoms with Crippen molar-refractivity contribution in [2.24, 2.45) is 11.1 Å². The summed E-state index contributed by atoms with van der Waals surface area (Å²) in [7, 11) is 0. The largest absolute Gasteiger partial charge is 0.377 e. The summed E-state index contributed by atoms with van der Waals surface area (Å²) in [6.07, 6.45) is 0. The van der Waals surface area contributed by atoms with Crippen LogP contribution in [0.2, 0.25) is 0 Å². The molecule has 2 aliphatic heterocycles. The number of hydrogen-bond acceptors (Lipinski definition) is 7. The fourth-order valence-corrected chi connectivity index (χ4v) is 5.51. The molecular formula is C23H22F2N4O2S2. The Bertz CT molecular complexity index is 1180. The fourth-order valence-electron chi connectivity index (χ4n) is 4.00. The number of carbonyl (C=O) groups excluding carboxylic acids is 1. The van der Waals surface area contributed by atoms with E-state index in [2.05, 4.69) is 9.88 Å². The highest BCUT2D eigenvalue weighted by molar-refractivity contribution is 7.99. The first-order chi connectivity index (χ1) is 15.9. The van der Waals surface area contributed by atoms with Gasteiger partial charge in [0.05, 0.1) is 35.1 Å². The summed E-state index contributed by atoms with van der Waals surface area (Å²) >= 11 is 2.57. The summed E-state index contributed by atoms with van der Waals surface area (Å²) in [5, 5.41) is 6.38. The number of anilines is 2. The number of carbonyl (C=O) groups is 1. The highest BCUT2D eigenvalue weighted by atomic mass is 32.2. The van der Waals surface area contributed by atoms with Gasteiger partial charge in [0.2, 0.25) is 5.91 Å². The zero-order chi connectivity index (χ0) is 23.1. The minimum atomic E-state index is -0.478. The predicted molar refractivity (Wildman–Crippen MR) is 126 cm³/mol. The highest BCUT2D eigenvalue weighted by Crippen LogP contribution is 2.36. The number of hydrogen-bond donors (Lipinski definition) is 1. The van der Waals surface area contributed by atoms with Gasteiger partial charge in [0.1, 0.15) is 11.6 Å². The topological polar surface area (TPSA) is 71.7 Å².